The lowest BCUT2D eigenvalue weighted by atomic mass is 10.0. The third-order valence-corrected chi connectivity index (χ3v) is 5.50. The van der Waals surface area contributed by atoms with E-state index in [0.29, 0.717) is 17.2 Å². The minimum absolute atomic E-state index is 0.163. The Morgan fingerprint density at radius 1 is 0.833 bits per heavy atom. The van der Waals surface area contributed by atoms with Crippen LogP contribution in [0.4, 0.5) is 5.82 Å². The van der Waals surface area contributed by atoms with E-state index in [9.17, 15) is 4.79 Å². The number of pyridine rings is 1. The van der Waals surface area contributed by atoms with Gasteiger partial charge in [-0.25, -0.2) is 4.98 Å². The highest BCUT2D eigenvalue weighted by Gasteiger charge is 2.15. The van der Waals surface area contributed by atoms with Crippen LogP contribution in [0.15, 0.2) is 42.5 Å². The molecule has 0 atom stereocenters. The van der Waals surface area contributed by atoms with Gasteiger partial charge >= 0.3 is 0 Å². The topological polar surface area (TPSA) is 59.8 Å². The fraction of sp³-hybridized carbons (Fsp3) is 0.240. The monoisotopic (exact) mass is 398 g/mol. The number of carbonyl (C=O) groups excluding carboxylic acids is 1. The predicted octanol–water partition coefficient (Wildman–Crippen LogP) is 5.52. The van der Waals surface area contributed by atoms with Crippen LogP contribution in [0.5, 0.6) is 0 Å². The predicted molar refractivity (Wildman–Crippen MR) is 122 cm³/mol. The maximum Gasteiger partial charge on any atom is 0.256 e. The van der Waals surface area contributed by atoms with Crippen LogP contribution in [0.2, 0.25) is 0 Å². The van der Waals surface area contributed by atoms with Gasteiger partial charge < -0.3 is 5.32 Å². The summed E-state index contributed by atoms with van der Waals surface area (Å²) in [4.78, 5) is 17.7. The Kier molecular flexibility index (Phi) is 4.90. The molecule has 0 spiro atoms. The molecule has 4 rings (SSSR count). The van der Waals surface area contributed by atoms with Crippen molar-refractivity contribution in [2.75, 3.05) is 5.32 Å². The number of nitrogens with zero attached hydrogens (tertiary/aromatic N) is 3. The Bertz CT molecular complexity index is 1300. The molecule has 0 saturated heterocycles. The summed E-state index contributed by atoms with van der Waals surface area (Å²) in [7, 11) is 0. The number of carbonyl (C=O) groups is 1. The van der Waals surface area contributed by atoms with E-state index in [1.54, 1.807) is 4.68 Å². The maximum absolute atomic E-state index is 12.9. The van der Waals surface area contributed by atoms with Gasteiger partial charge in [0.05, 0.1) is 11.2 Å². The first-order valence-electron chi connectivity index (χ1n) is 10.1. The third-order valence-electron chi connectivity index (χ3n) is 5.50. The van der Waals surface area contributed by atoms with Crippen LogP contribution in [-0.4, -0.2) is 20.7 Å². The van der Waals surface area contributed by atoms with Crippen molar-refractivity contribution in [2.45, 2.75) is 41.5 Å². The highest BCUT2D eigenvalue weighted by Crippen LogP contribution is 2.26. The fourth-order valence-corrected chi connectivity index (χ4v) is 3.77. The van der Waals surface area contributed by atoms with E-state index >= 15 is 0 Å². The molecule has 1 amide bonds. The van der Waals surface area contributed by atoms with Gasteiger partial charge in [-0.2, -0.15) is 9.78 Å². The number of rotatable bonds is 3. The Morgan fingerprint density at radius 2 is 1.60 bits per heavy atom. The van der Waals surface area contributed by atoms with Gasteiger partial charge in [0, 0.05) is 17.0 Å². The molecular formula is C25H26N4O. The van der Waals surface area contributed by atoms with Crippen LogP contribution in [0.3, 0.4) is 0 Å². The van der Waals surface area contributed by atoms with E-state index in [0.717, 1.165) is 38.9 Å². The van der Waals surface area contributed by atoms with Gasteiger partial charge in [0.25, 0.3) is 5.91 Å². The highest BCUT2D eigenvalue weighted by atomic mass is 16.1. The first-order chi connectivity index (χ1) is 14.2. The Labute approximate surface area is 176 Å². The largest absolute Gasteiger partial charge is 0.306 e. The molecule has 0 saturated carbocycles. The molecule has 0 aliphatic heterocycles. The summed E-state index contributed by atoms with van der Waals surface area (Å²) in [5, 5.41) is 8.74. The zero-order chi connectivity index (χ0) is 21.6. The number of anilines is 1. The zero-order valence-corrected chi connectivity index (χ0v) is 18.3. The van der Waals surface area contributed by atoms with Crippen molar-refractivity contribution in [1.29, 1.82) is 0 Å². The van der Waals surface area contributed by atoms with Crippen molar-refractivity contribution in [3.05, 3.63) is 81.5 Å². The minimum atomic E-state index is -0.163. The van der Waals surface area contributed by atoms with Crippen LogP contribution < -0.4 is 5.32 Å². The summed E-state index contributed by atoms with van der Waals surface area (Å²) < 4.78 is 1.71. The summed E-state index contributed by atoms with van der Waals surface area (Å²) in [6, 6.07) is 13.9. The quantitative estimate of drug-likeness (QED) is 0.494. The van der Waals surface area contributed by atoms with Crippen LogP contribution in [0.25, 0.3) is 16.7 Å². The van der Waals surface area contributed by atoms with E-state index in [1.165, 1.54) is 5.56 Å². The molecule has 2 aromatic carbocycles. The highest BCUT2D eigenvalue weighted by molar-refractivity contribution is 6.04. The lowest BCUT2D eigenvalue weighted by Crippen LogP contribution is -2.16. The molecule has 0 aliphatic rings. The molecule has 5 nitrogen and oxygen atoms in total. The van der Waals surface area contributed by atoms with Crippen molar-refractivity contribution < 1.29 is 4.79 Å². The van der Waals surface area contributed by atoms with Gasteiger partial charge in [-0.1, -0.05) is 17.7 Å². The average Bonchev–Trinajstić information content (AvgIpc) is 3.04. The fourth-order valence-electron chi connectivity index (χ4n) is 3.77. The van der Waals surface area contributed by atoms with Gasteiger partial charge in [0.15, 0.2) is 5.82 Å². The van der Waals surface area contributed by atoms with Gasteiger partial charge in [0.1, 0.15) is 5.82 Å². The number of hydrogen-bond donors (Lipinski definition) is 1. The number of nitrogens with one attached hydrogen (secondary N) is 1. The second kappa shape index (κ2) is 7.41. The molecule has 152 valence electrons. The Morgan fingerprint density at radius 3 is 2.33 bits per heavy atom. The second-order valence-electron chi connectivity index (χ2n) is 8.11. The van der Waals surface area contributed by atoms with E-state index < -0.39 is 0 Å². The van der Waals surface area contributed by atoms with E-state index in [1.807, 2.05) is 51.1 Å². The maximum atomic E-state index is 12.9. The lowest BCUT2D eigenvalue weighted by Gasteiger charge is -2.13. The normalized spacial score (nSPS) is 11.1. The lowest BCUT2D eigenvalue weighted by molar-refractivity contribution is 0.102. The molecule has 0 unspecified atom stereocenters. The van der Waals surface area contributed by atoms with E-state index in [2.05, 4.69) is 43.3 Å². The second-order valence-corrected chi connectivity index (χ2v) is 8.11. The van der Waals surface area contributed by atoms with Gasteiger partial charge in [-0.15, -0.1) is 0 Å². The number of aryl methyl sites for hydroxylation is 6. The first kappa shape index (κ1) is 19.8. The van der Waals surface area contributed by atoms with Crippen molar-refractivity contribution in [3.63, 3.8) is 0 Å². The zero-order valence-electron chi connectivity index (χ0n) is 18.3. The Hall–Kier alpha value is -3.47. The molecule has 30 heavy (non-hydrogen) atoms. The summed E-state index contributed by atoms with van der Waals surface area (Å²) in [5.41, 5.74) is 8.10. The van der Waals surface area contributed by atoms with E-state index in [4.69, 9.17) is 4.98 Å². The summed E-state index contributed by atoms with van der Waals surface area (Å²) in [6.45, 7) is 12.2. The SMILES string of the molecule is Cc1cc(C)c2nc(-n3nc(C)cc3NC(=O)c3ccc(C)c(C)c3)cc(C)c2c1. The van der Waals surface area contributed by atoms with Crippen molar-refractivity contribution in [3.8, 4) is 5.82 Å². The number of benzene rings is 2. The summed E-state index contributed by atoms with van der Waals surface area (Å²) in [6.07, 6.45) is 0. The van der Waals surface area contributed by atoms with Gasteiger partial charge in [-0.3, -0.25) is 4.79 Å². The van der Waals surface area contributed by atoms with Crippen molar-refractivity contribution in [1.82, 2.24) is 14.8 Å². The molecule has 2 heterocycles. The number of aromatic nitrogens is 3. The smallest absolute Gasteiger partial charge is 0.256 e. The number of fused-ring (bicyclic) bond motifs is 1. The molecule has 1 N–H and O–H groups in total. The van der Waals surface area contributed by atoms with Crippen LogP contribution in [0.1, 0.15) is 43.9 Å². The molecular weight excluding hydrogens is 372 g/mol. The average molecular weight is 399 g/mol. The molecule has 0 aliphatic carbocycles. The molecule has 0 bridgehead atoms. The summed E-state index contributed by atoms with van der Waals surface area (Å²) >= 11 is 0. The molecule has 5 heteroatoms. The molecule has 0 radical (unpaired) electrons. The third kappa shape index (κ3) is 3.59. The van der Waals surface area contributed by atoms with Crippen LogP contribution >= 0.6 is 0 Å². The standard InChI is InChI=1S/C25H26N4O/c1-14-9-18(5)24-21(10-14)17(4)12-22(26-24)29-23(13-19(6)28-29)27-25(30)20-8-7-15(2)16(3)11-20/h7-13H,1-6H3,(H,27,30). The van der Waals surface area contributed by atoms with Crippen LogP contribution in [-0.2, 0) is 0 Å². The number of hydrogen-bond acceptors (Lipinski definition) is 3. The minimum Gasteiger partial charge on any atom is -0.306 e. The van der Waals surface area contributed by atoms with Gasteiger partial charge in [0.2, 0.25) is 0 Å². The van der Waals surface area contributed by atoms with Crippen LogP contribution in [0, 0.1) is 41.5 Å². The molecule has 2 aromatic heterocycles. The van der Waals surface area contributed by atoms with Crippen molar-refractivity contribution >= 4 is 22.6 Å². The first-order valence-corrected chi connectivity index (χ1v) is 10.1. The van der Waals surface area contributed by atoms with Gasteiger partial charge in [-0.05, 0) is 88.1 Å². The molecule has 0 fully saturated rings. The number of amides is 1. The van der Waals surface area contributed by atoms with E-state index in [-0.39, 0.29) is 5.91 Å². The van der Waals surface area contributed by atoms with Crippen molar-refractivity contribution in [2.24, 2.45) is 0 Å². The summed E-state index contributed by atoms with van der Waals surface area (Å²) in [5.74, 6) is 1.13. The molecule has 4 aromatic rings. The Balaban J connectivity index is 1.76.